The van der Waals surface area contributed by atoms with Crippen molar-refractivity contribution in [1.82, 2.24) is 0 Å². The molecule has 0 amide bonds. The minimum absolute atomic E-state index is 0.153. The molecule has 23 heavy (non-hydrogen) atoms. The summed E-state index contributed by atoms with van der Waals surface area (Å²) in [7, 11) is 1.38. The number of ether oxygens (including phenoxy) is 6. The van der Waals surface area contributed by atoms with Crippen LogP contribution in [0.25, 0.3) is 0 Å². The van der Waals surface area contributed by atoms with Gasteiger partial charge in [-0.1, -0.05) is 0 Å². The van der Waals surface area contributed by atoms with Crippen LogP contribution >= 0.6 is 10.7 Å². The molecule has 0 unspecified atom stereocenters. The topological polar surface area (TPSA) is 89.5 Å². The molecule has 10 heteroatoms. The Hall–Kier alpha value is -0.0000000000000000694. The van der Waals surface area contributed by atoms with E-state index in [1.54, 1.807) is 13.8 Å². The van der Waals surface area contributed by atoms with Crippen molar-refractivity contribution in [2.75, 3.05) is 19.2 Å². The zero-order chi connectivity index (χ0) is 17.1. The van der Waals surface area contributed by atoms with Crippen molar-refractivity contribution in [1.29, 1.82) is 0 Å². The van der Waals surface area contributed by atoms with Gasteiger partial charge in [0.2, 0.25) is 5.79 Å². The summed E-state index contributed by atoms with van der Waals surface area (Å²) in [4.78, 5) is 0. The van der Waals surface area contributed by atoms with Crippen molar-refractivity contribution in [3.05, 3.63) is 0 Å². The lowest BCUT2D eigenvalue weighted by atomic mass is 9.97. The Morgan fingerprint density at radius 3 is 2.48 bits per heavy atom. The van der Waals surface area contributed by atoms with E-state index in [2.05, 4.69) is 0 Å². The molecule has 134 valence electrons. The summed E-state index contributed by atoms with van der Waals surface area (Å²) in [5, 5.41) is 0. The largest absolute Gasteiger partial charge is 0.358 e. The van der Waals surface area contributed by atoms with Gasteiger partial charge in [-0.15, -0.1) is 0 Å². The minimum Gasteiger partial charge on any atom is -0.358 e. The predicted molar refractivity (Wildman–Crippen MR) is 78.1 cm³/mol. The van der Waals surface area contributed by atoms with Crippen molar-refractivity contribution in [2.45, 2.75) is 63.4 Å². The molecular weight excluding hydrogens is 352 g/mol. The van der Waals surface area contributed by atoms with Crippen LogP contribution in [0.4, 0.5) is 0 Å². The van der Waals surface area contributed by atoms with E-state index in [-0.39, 0.29) is 19.3 Å². The number of halogens is 1. The van der Waals surface area contributed by atoms with Gasteiger partial charge < -0.3 is 28.4 Å². The standard InChI is InChI=1S/C13H21ClO8S/c1-11(2)19-8-5-18-13(6-17-7-23(14,15)16)10(9(8)20-11)21-12(3,4)22-13/h8-10H,5-7H2,1-4H3/t8-,9-,10+,13+/m1/s1. The Labute approximate surface area is 139 Å². The van der Waals surface area contributed by atoms with Gasteiger partial charge in [0.25, 0.3) is 9.05 Å². The molecule has 3 saturated heterocycles. The maximum Gasteiger partial charge on any atom is 0.256 e. The molecule has 8 nitrogen and oxygen atoms in total. The van der Waals surface area contributed by atoms with Crippen LogP contribution in [0.1, 0.15) is 27.7 Å². The Balaban J connectivity index is 1.80. The van der Waals surface area contributed by atoms with Crippen LogP contribution in [0.5, 0.6) is 0 Å². The van der Waals surface area contributed by atoms with E-state index in [0.29, 0.717) is 0 Å². The van der Waals surface area contributed by atoms with Gasteiger partial charge in [-0.3, -0.25) is 0 Å². The second-order valence-electron chi connectivity index (χ2n) is 6.81. The lowest BCUT2D eigenvalue weighted by Crippen LogP contribution is -2.60. The number of fused-ring (bicyclic) bond motifs is 3. The van der Waals surface area contributed by atoms with E-state index in [9.17, 15) is 8.42 Å². The Kier molecular flexibility index (Phi) is 4.26. The molecule has 0 N–H and O–H groups in total. The van der Waals surface area contributed by atoms with E-state index < -0.39 is 44.6 Å². The first-order valence-electron chi connectivity index (χ1n) is 7.29. The normalized spacial score (nSPS) is 41.5. The molecule has 0 aromatic carbocycles. The smallest absolute Gasteiger partial charge is 0.256 e. The van der Waals surface area contributed by atoms with Gasteiger partial charge in [0.15, 0.2) is 17.5 Å². The molecular formula is C13H21ClO8S. The highest BCUT2D eigenvalue weighted by molar-refractivity contribution is 8.13. The molecule has 0 spiro atoms. The molecule has 3 rings (SSSR count). The summed E-state index contributed by atoms with van der Waals surface area (Å²) in [6, 6.07) is 0. The highest BCUT2D eigenvalue weighted by Gasteiger charge is 2.65. The number of rotatable bonds is 4. The third-order valence-corrected chi connectivity index (χ3v) is 4.52. The third-order valence-electron chi connectivity index (χ3n) is 3.80. The molecule has 0 bridgehead atoms. The molecule has 0 saturated carbocycles. The molecule has 0 aromatic heterocycles. The first kappa shape index (κ1) is 17.8. The fourth-order valence-corrected chi connectivity index (χ4v) is 3.70. The van der Waals surface area contributed by atoms with Gasteiger partial charge in [0.1, 0.15) is 24.9 Å². The van der Waals surface area contributed by atoms with E-state index in [1.165, 1.54) is 0 Å². The van der Waals surface area contributed by atoms with E-state index in [0.717, 1.165) is 0 Å². The van der Waals surface area contributed by atoms with Crippen LogP contribution in [-0.4, -0.2) is 63.2 Å². The Bertz CT molecular complexity index is 577. The first-order chi connectivity index (χ1) is 10.4. The third kappa shape index (κ3) is 3.67. The molecule has 0 radical (unpaired) electrons. The molecule has 0 aromatic rings. The average Bonchev–Trinajstić information content (AvgIpc) is 2.79. The number of hydrogen-bond donors (Lipinski definition) is 0. The summed E-state index contributed by atoms with van der Waals surface area (Å²) in [5.41, 5.74) is 0. The van der Waals surface area contributed by atoms with E-state index in [1.807, 2.05) is 13.8 Å². The SMILES string of the molecule is CC1(C)O[C@@H]2[C@@H](CO[C@@]3(COCS(=O)(=O)Cl)OC(C)(C)O[C@@H]23)O1. The van der Waals surface area contributed by atoms with Crippen molar-refractivity contribution in [2.24, 2.45) is 0 Å². The van der Waals surface area contributed by atoms with Crippen molar-refractivity contribution in [3.63, 3.8) is 0 Å². The van der Waals surface area contributed by atoms with Gasteiger partial charge in [0.05, 0.1) is 6.61 Å². The summed E-state index contributed by atoms with van der Waals surface area (Å²) < 4.78 is 56.6. The fourth-order valence-electron chi connectivity index (χ4n) is 3.23. The van der Waals surface area contributed by atoms with Gasteiger partial charge in [-0.25, -0.2) is 8.42 Å². The second-order valence-corrected chi connectivity index (χ2v) is 9.53. The Morgan fingerprint density at radius 1 is 1.13 bits per heavy atom. The van der Waals surface area contributed by atoms with Gasteiger partial charge in [-0.05, 0) is 27.7 Å². The average molecular weight is 373 g/mol. The minimum atomic E-state index is -3.78. The van der Waals surface area contributed by atoms with Crippen molar-refractivity contribution >= 4 is 19.7 Å². The molecule has 3 fully saturated rings. The zero-order valence-electron chi connectivity index (χ0n) is 13.4. The monoisotopic (exact) mass is 372 g/mol. The zero-order valence-corrected chi connectivity index (χ0v) is 15.0. The molecule has 3 aliphatic rings. The van der Waals surface area contributed by atoms with Crippen LogP contribution in [0.15, 0.2) is 0 Å². The lowest BCUT2D eigenvalue weighted by Gasteiger charge is -2.40. The Morgan fingerprint density at radius 2 is 1.83 bits per heavy atom. The molecule has 0 aliphatic carbocycles. The molecule has 3 heterocycles. The molecule has 4 atom stereocenters. The van der Waals surface area contributed by atoms with Crippen LogP contribution < -0.4 is 0 Å². The van der Waals surface area contributed by atoms with E-state index >= 15 is 0 Å². The summed E-state index contributed by atoms with van der Waals surface area (Å²) in [5.74, 6) is -3.60. The van der Waals surface area contributed by atoms with Gasteiger partial charge in [-0.2, -0.15) is 0 Å². The maximum atomic E-state index is 11.0. The quantitative estimate of drug-likeness (QED) is 0.673. The fraction of sp³-hybridized carbons (Fsp3) is 1.00. The maximum absolute atomic E-state index is 11.0. The highest BCUT2D eigenvalue weighted by Crippen LogP contribution is 2.47. The van der Waals surface area contributed by atoms with Gasteiger partial charge in [0, 0.05) is 10.7 Å². The van der Waals surface area contributed by atoms with Crippen molar-refractivity contribution < 1.29 is 36.8 Å². The van der Waals surface area contributed by atoms with Crippen LogP contribution in [0, 0.1) is 0 Å². The van der Waals surface area contributed by atoms with Crippen LogP contribution in [0.2, 0.25) is 0 Å². The first-order valence-corrected chi connectivity index (χ1v) is 9.77. The summed E-state index contributed by atoms with van der Waals surface area (Å²) in [6.07, 6.45) is -1.31. The van der Waals surface area contributed by atoms with Crippen LogP contribution in [0.3, 0.4) is 0 Å². The summed E-state index contributed by atoms with van der Waals surface area (Å²) in [6.45, 7) is 7.17. The highest BCUT2D eigenvalue weighted by atomic mass is 35.7. The number of hydrogen-bond acceptors (Lipinski definition) is 8. The predicted octanol–water partition coefficient (Wildman–Crippen LogP) is 0.927. The lowest BCUT2D eigenvalue weighted by molar-refractivity contribution is -0.297. The van der Waals surface area contributed by atoms with Crippen molar-refractivity contribution in [3.8, 4) is 0 Å². The second kappa shape index (κ2) is 5.50. The van der Waals surface area contributed by atoms with Crippen LogP contribution in [-0.2, 0) is 37.5 Å². The molecule has 3 aliphatic heterocycles. The summed E-state index contributed by atoms with van der Waals surface area (Å²) >= 11 is 0. The van der Waals surface area contributed by atoms with E-state index in [4.69, 9.17) is 39.1 Å². The van der Waals surface area contributed by atoms with Gasteiger partial charge >= 0.3 is 0 Å².